The lowest BCUT2D eigenvalue weighted by Crippen LogP contribution is -2.17. The minimum atomic E-state index is -0.450. The van der Waals surface area contributed by atoms with Crippen LogP contribution < -0.4 is 16.0 Å². The number of nitrogens with two attached hydrogens (primary N) is 1. The maximum Gasteiger partial charge on any atom is 0.324 e. The number of terminal acetylenes is 1. The third-order valence-corrected chi connectivity index (χ3v) is 1.98. The molecule has 2 heterocycles. The van der Waals surface area contributed by atoms with Gasteiger partial charge in [0, 0.05) is 12.4 Å². The molecule has 8 nitrogen and oxygen atoms in total. The zero-order chi connectivity index (χ0) is 13.0. The van der Waals surface area contributed by atoms with E-state index in [1.54, 1.807) is 30.2 Å². The Kier molecular flexibility index (Phi) is 3.36. The lowest BCUT2D eigenvalue weighted by Gasteiger charge is -2.09. The van der Waals surface area contributed by atoms with Crippen LogP contribution in [0.3, 0.4) is 0 Å². The van der Waals surface area contributed by atoms with E-state index in [4.69, 9.17) is 17.0 Å². The van der Waals surface area contributed by atoms with Crippen molar-refractivity contribution in [3.63, 3.8) is 0 Å². The highest BCUT2D eigenvalue weighted by atomic mass is 16.5. The average molecular weight is 245 g/mol. The van der Waals surface area contributed by atoms with Crippen molar-refractivity contribution in [1.29, 1.82) is 0 Å². The fourth-order valence-corrected chi connectivity index (χ4v) is 1.15. The molecule has 18 heavy (non-hydrogen) atoms. The van der Waals surface area contributed by atoms with Gasteiger partial charge in [0.15, 0.2) is 6.10 Å². The van der Waals surface area contributed by atoms with E-state index in [1.807, 2.05) is 0 Å². The van der Waals surface area contributed by atoms with E-state index in [2.05, 4.69) is 31.3 Å². The van der Waals surface area contributed by atoms with Crippen molar-refractivity contribution >= 4 is 5.95 Å². The molecule has 1 atom stereocenters. The summed E-state index contributed by atoms with van der Waals surface area (Å²) in [6, 6.07) is 0.0899. The molecule has 8 heteroatoms. The molecule has 0 fully saturated rings. The number of hydrogen-bond donors (Lipinski definition) is 2. The molecule has 2 rings (SSSR count). The summed E-state index contributed by atoms with van der Waals surface area (Å²) in [7, 11) is 0. The smallest absolute Gasteiger partial charge is 0.324 e. The highest BCUT2D eigenvalue weighted by Crippen LogP contribution is 2.11. The standard InChI is InChI=1S/C10H11N7O/c1-3-7(2)18-10-14-8(16-11)13-9(15-10)17-5-4-12-6-17/h1,4-7H,11H2,2H3,(H,13,14,15,16). The van der Waals surface area contributed by atoms with E-state index >= 15 is 0 Å². The van der Waals surface area contributed by atoms with Crippen LogP contribution in [0.1, 0.15) is 6.92 Å². The first-order chi connectivity index (χ1) is 8.72. The zero-order valence-corrected chi connectivity index (χ0v) is 9.61. The molecule has 0 bridgehead atoms. The van der Waals surface area contributed by atoms with Crippen LogP contribution >= 0.6 is 0 Å². The second kappa shape index (κ2) is 5.11. The number of nitrogens with one attached hydrogen (secondary N) is 1. The minimum Gasteiger partial charge on any atom is -0.447 e. The number of aromatic nitrogens is 5. The summed E-state index contributed by atoms with van der Waals surface area (Å²) in [6.07, 6.45) is 9.60. The van der Waals surface area contributed by atoms with Gasteiger partial charge in [0.25, 0.3) is 0 Å². The van der Waals surface area contributed by atoms with E-state index in [9.17, 15) is 0 Å². The molecule has 0 spiro atoms. The first kappa shape index (κ1) is 11.8. The van der Waals surface area contributed by atoms with Crippen LogP contribution in [-0.4, -0.2) is 30.6 Å². The number of imidazole rings is 1. The Bertz CT molecular complexity index is 560. The van der Waals surface area contributed by atoms with Crippen LogP contribution in [0.2, 0.25) is 0 Å². The highest BCUT2D eigenvalue weighted by molar-refractivity contribution is 5.29. The fraction of sp³-hybridized carbons (Fsp3) is 0.200. The van der Waals surface area contributed by atoms with E-state index in [-0.39, 0.29) is 12.0 Å². The molecule has 2 aromatic heterocycles. The zero-order valence-electron chi connectivity index (χ0n) is 9.61. The quantitative estimate of drug-likeness (QED) is 0.434. The van der Waals surface area contributed by atoms with Crippen molar-refractivity contribution in [2.24, 2.45) is 5.84 Å². The largest absolute Gasteiger partial charge is 0.447 e. The molecule has 0 aromatic carbocycles. The number of hydrazine groups is 1. The van der Waals surface area contributed by atoms with Crippen LogP contribution in [0.5, 0.6) is 6.01 Å². The summed E-state index contributed by atoms with van der Waals surface area (Å²) in [4.78, 5) is 16.0. The van der Waals surface area contributed by atoms with Gasteiger partial charge >= 0.3 is 6.01 Å². The molecule has 0 amide bonds. The third kappa shape index (κ3) is 2.53. The number of hydrogen-bond acceptors (Lipinski definition) is 7. The average Bonchev–Trinajstić information content (AvgIpc) is 2.92. The fourth-order valence-electron chi connectivity index (χ4n) is 1.15. The molecule has 0 aliphatic rings. The molecular weight excluding hydrogens is 234 g/mol. The normalized spacial score (nSPS) is 11.6. The predicted molar refractivity (Wildman–Crippen MR) is 63.7 cm³/mol. The van der Waals surface area contributed by atoms with E-state index in [0.29, 0.717) is 5.95 Å². The molecule has 0 saturated carbocycles. The molecule has 0 aliphatic carbocycles. The predicted octanol–water partition coefficient (Wildman–Crippen LogP) is -0.257. The first-order valence-corrected chi connectivity index (χ1v) is 5.06. The number of anilines is 1. The number of ether oxygens (including phenoxy) is 1. The third-order valence-electron chi connectivity index (χ3n) is 1.98. The maximum atomic E-state index is 5.32. The molecular formula is C10H11N7O. The van der Waals surface area contributed by atoms with Gasteiger partial charge in [-0.2, -0.15) is 15.0 Å². The van der Waals surface area contributed by atoms with Gasteiger partial charge in [0.05, 0.1) is 0 Å². The van der Waals surface area contributed by atoms with Gasteiger partial charge in [0.1, 0.15) is 6.33 Å². The van der Waals surface area contributed by atoms with Crippen molar-refractivity contribution < 1.29 is 4.74 Å². The van der Waals surface area contributed by atoms with Gasteiger partial charge in [-0.15, -0.1) is 6.42 Å². The van der Waals surface area contributed by atoms with Crippen molar-refractivity contribution in [1.82, 2.24) is 24.5 Å². The Labute approximate surface area is 103 Å². The highest BCUT2D eigenvalue weighted by Gasteiger charge is 2.10. The first-order valence-electron chi connectivity index (χ1n) is 5.06. The number of nitrogen functional groups attached to an aromatic ring is 1. The summed E-state index contributed by atoms with van der Waals surface area (Å²) < 4.78 is 6.91. The molecule has 0 aliphatic heterocycles. The van der Waals surface area contributed by atoms with Crippen molar-refractivity contribution in [3.8, 4) is 24.3 Å². The van der Waals surface area contributed by atoms with Crippen molar-refractivity contribution in [2.45, 2.75) is 13.0 Å². The summed E-state index contributed by atoms with van der Waals surface area (Å²) in [5, 5.41) is 0. The van der Waals surface area contributed by atoms with E-state index in [0.717, 1.165) is 0 Å². The Morgan fingerprint density at radius 3 is 2.94 bits per heavy atom. The monoisotopic (exact) mass is 245 g/mol. The topological polar surface area (TPSA) is 104 Å². The van der Waals surface area contributed by atoms with Crippen molar-refractivity contribution in [2.75, 3.05) is 5.43 Å². The second-order valence-electron chi connectivity index (χ2n) is 3.28. The Morgan fingerprint density at radius 2 is 2.33 bits per heavy atom. The van der Waals surface area contributed by atoms with Gasteiger partial charge < -0.3 is 4.74 Å². The Hall–Kier alpha value is -2.66. The maximum absolute atomic E-state index is 5.32. The Morgan fingerprint density at radius 1 is 1.50 bits per heavy atom. The molecule has 92 valence electrons. The molecule has 3 N–H and O–H groups in total. The van der Waals surface area contributed by atoms with Gasteiger partial charge in [-0.05, 0) is 6.92 Å². The van der Waals surface area contributed by atoms with Crippen LogP contribution in [-0.2, 0) is 0 Å². The van der Waals surface area contributed by atoms with Gasteiger partial charge in [-0.3, -0.25) is 9.99 Å². The van der Waals surface area contributed by atoms with Crippen LogP contribution in [0.25, 0.3) is 5.95 Å². The Balaban J connectivity index is 2.37. The lowest BCUT2D eigenvalue weighted by molar-refractivity contribution is 0.255. The lowest BCUT2D eigenvalue weighted by atomic mass is 10.4. The summed E-state index contributed by atoms with van der Waals surface area (Å²) in [6.45, 7) is 1.70. The minimum absolute atomic E-state index is 0.0899. The molecule has 0 radical (unpaired) electrons. The number of rotatable bonds is 4. The van der Waals surface area contributed by atoms with Crippen LogP contribution in [0.15, 0.2) is 18.7 Å². The summed E-state index contributed by atoms with van der Waals surface area (Å²) in [5.74, 6) is 8.19. The van der Waals surface area contributed by atoms with Crippen LogP contribution in [0.4, 0.5) is 5.95 Å². The summed E-state index contributed by atoms with van der Waals surface area (Å²) in [5.41, 5.74) is 2.33. The van der Waals surface area contributed by atoms with Gasteiger partial charge in [0.2, 0.25) is 11.9 Å². The molecule has 1 unspecified atom stereocenters. The van der Waals surface area contributed by atoms with Gasteiger partial charge in [-0.25, -0.2) is 10.8 Å². The van der Waals surface area contributed by atoms with Crippen LogP contribution in [0, 0.1) is 12.3 Å². The second-order valence-corrected chi connectivity index (χ2v) is 3.28. The van der Waals surface area contributed by atoms with Crippen molar-refractivity contribution in [3.05, 3.63) is 18.7 Å². The van der Waals surface area contributed by atoms with E-state index < -0.39 is 6.10 Å². The molecule has 0 saturated heterocycles. The van der Waals surface area contributed by atoms with Gasteiger partial charge in [-0.1, -0.05) is 5.92 Å². The SMILES string of the molecule is C#CC(C)Oc1nc(NN)nc(-n2ccnc2)n1. The number of nitrogens with zero attached hydrogens (tertiary/aromatic N) is 5. The molecule has 2 aromatic rings. The van der Waals surface area contributed by atoms with E-state index in [1.165, 1.54) is 0 Å². The summed E-state index contributed by atoms with van der Waals surface area (Å²) >= 11 is 0.